The van der Waals surface area contributed by atoms with Crippen LogP contribution in [0.1, 0.15) is 49.3 Å². The van der Waals surface area contributed by atoms with E-state index in [4.69, 9.17) is 4.74 Å². The van der Waals surface area contributed by atoms with Crippen LogP contribution in [0.15, 0.2) is 59.7 Å². The monoisotopic (exact) mass is 436 g/mol. The van der Waals surface area contributed by atoms with Gasteiger partial charge in [-0.15, -0.1) is 0 Å². The molecule has 5 rings (SSSR count). The minimum absolute atomic E-state index is 0.113. The number of nitrogens with zero attached hydrogens (tertiary/aromatic N) is 2. The Hall–Kier alpha value is -3.15. The van der Waals surface area contributed by atoms with E-state index < -0.39 is 23.5 Å². The Morgan fingerprint density at radius 1 is 0.875 bits per heavy atom. The summed E-state index contributed by atoms with van der Waals surface area (Å²) >= 11 is 0. The molecule has 2 heterocycles. The zero-order chi connectivity index (χ0) is 22.1. The second kappa shape index (κ2) is 8.77. The largest absolute Gasteiger partial charge is 0.477 e. The first-order valence-electron chi connectivity index (χ1n) is 11.0. The van der Waals surface area contributed by atoms with Crippen molar-refractivity contribution in [1.29, 1.82) is 0 Å². The van der Waals surface area contributed by atoms with Crippen LogP contribution in [0.3, 0.4) is 0 Å². The van der Waals surface area contributed by atoms with E-state index in [1.807, 2.05) is 12.1 Å². The molecule has 1 aliphatic carbocycles. The number of hydrogen-bond donors (Lipinski definition) is 0. The van der Waals surface area contributed by atoms with Gasteiger partial charge in [-0.3, -0.25) is 4.99 Å². The molecule has 0 radical (unpaired) electrons. The maximum atomic E-state index is 14.9. The molecule has 0 unspecified atom stereocenters. The Balaban J connectivity index is 1.32. The number of aliphatic imine (C=N–C) groups is 1. The number of hydrogen-bond acceptors (Lipinski definition) is 3. The van der Waals surface area contributed by atoms with Crippen LogP contribution in [0.2, 0.25) is 0 Å². The molecule has 0 bridgehead atoms. The summed E-state index contributed by atoms with van der Waals surface area (Å²) in [5, 5.41) is 0. The molecule has 2 aliphatic rings. The van der Waals surface area contributed by atoms with Crippen molar-refractivity contribution in [3.63, 3.8) is 0 Å². The molecule has 0 N–H and O–H groups in total. The van der Waals surface area contributed by atoms with Crippen LogP contribution >= 0.6 is 0 Å². The zero-order valence-corrected chi connectivity index (χ0v) is 17.5. The second-order valence-electron chi connectivity index (χ2n) is 8.46. The van der Waals surface area contributed by atoms with Gasteiger partial charge in [-0.05, 0) is 61.4 Å². The normalized spacial score (nSPS) is 18.3. The van der Waals surface area contributed by atoms with Crippen molar-refractivity contribution in [1.82, 2.24) is 4.98 Å². The molecule has 1 aromatic heterocycles. The molecular weight excluding hydrogens is 413 g/mol. The molecule has 0 saturated heterocycles. The Labute approximate surface area is 185 Å². The van der Waals surface area contributed by atoms with Crippen molar-refractivity contribution in [2.75, 3.05) is 6.61 Å². The SMILES string of the molecule is Fc1cc(-c2ccc(OCC3CCC3)nc2)ccc1[C@H]1CCC(c2c(F)cccc2F)=N1. The first-order valence-corrected chi connectivity index (χ1v) is 11.0. The predicted molar refractivity (Wildman–Crippen MR) is 117 cm³/mol. The van der Waals surface area contributed by atoms with Crippen molar-refractivity contribution in [2.45, 2.75) is 38.1 Å². The summed E-state index contributed by atoms with van der Waals surface area (Å²) in [7, 11) is 0. The standard InChI is InChI=1S/C26H23F3N2O/c27-20-5-2-6-21(28)26(20)24-11-10-23(31-24)19-9-7-17(13-22(19)29)18-8-12-25(30-14-18)32-15-16-3-1-4-16/h2,5-9,12-14,16,23H,1,3-4,10-11,15H2/t23-/m1/s1. The lowest BCUT2D eigenvalue weighted by atomic mass is 9.86. The van der Waals surface area contributed by atoms with Crippen LogP contribution in [-0.4, -0.2) is 17.3 Å². The molecule has 6 heteroatoms. The maximum absolute atomic E-state index is 14.9. The van der Waals surface area contributed by atoms with E-state index >= 15 is 0 Å². The van der Waals surface area contributed by atoms with Gasteiger partial charge in [-0.1, -0.05) is 24.6 Å². The van der Waals surface area contributed by atoms with Crippen molar-refractivity contribution in [2.24, 2.45) is 10.9 Å². The van der Waals surface area contributed by atoms with Crippen molar-refractivity contribution < 1.29 is 17.9 Å². The van der Waals surface area contributed by atoms with Crippen LogP contribution in [0, 0.1) is 23.4 Å². The minimum Gasteiger partial charge on any atom is -0.477 e. The van der Waals surface area contributed by atoms with Gasteiger partial charge in [0, 0.05) is 29.1 Å². The highest BCUT2D eigenvalue weighted by atomic mass is 19.1. The van der Waals surface area contributed by atoms with Crippen LogP contribution in [0.4, 0.5) is 13.2 Å². The molecule has 0 spiro atoms. The van der Waals surface area contributed by atoms with E-state index in [0.29, 0.717) is 48.1 Å². The molecule has 32 heavy (non-hydrogen) atoms. The topological polar surface area (TPSA) is 34.5 Å². The summed E-state index contributed by atoms with van der Waals surface area (Å²) in [5.74, 6) is -0.477. The highest BCUT2D eigenvalue weighted by Gasteiger charge is 2.26. The first-order chi connectivity index (χ1) is 15.6. The van der Waals surface area contributed by atoms with E-state index in [1.54, 1.807) is 18.3 Å². The molecular formula is C26H23F3N2O. The highest BCUT2D eigenvalue weighted by Crippen LogP contribution is 2.35. The summed E-state index contributed by atoms with van der Waals surface area (Å²) in [6.45, 7) is 0.691. The van der Waals surface area contributed by atoms with Gasteiger partial charge < -0.3 is 4.74 Å². The molecule has 0 amide bonds. The fourth-order valence-electron chi connectivity index (χ4n) is 4.25. The molecule has 1 fully saturated rings. The van der Waals surface area contributed by atoms with Crippen LogP contribution in [0.5, 0.6) is 5.88 Å². The second-order valence-corrected chi connectivity index (χ2v) is 8.46. The molecule has 1 aliphatic heterocycles. The maximum Gasteiger partial charge on any atom is 0.213 e. The number of benzene rings is 2. The number of ether oxygens (including phenoxy) is 1. The van der Waals surface area contributed by atoms with Gasteiger partial charge in [0.2, 0.25) is 5.88 Å². The molecule has 1 saturated carbocycles. The number of aromatic nitrogens is 1. The smallest absolute Gasteiger partial charge is 0.213 e. The van der Waals surface area contributed by atoms with Crippen LogP contribution in [-0.2, 0) is 0 Å². The summed E-state index contributed by atoms with van der Waals surface area (Å²) in [6.07, 6.45) is 6.29. The fraction of sp³-hybridized carbons (Fsp3) is 0.308. The van der Waals surface area contributed by atoms with Gasteiger partial charge >= 0.3 is 0 Å². The zero-order valence-electron chi connectivity index (χ0n) is 17.5. The summed E-state index contributed by atoms with van der Waals surface area (Å²) in [6, 6.07) is 11.9. The van der Waals surface area contributed by atoms with Gasteiger partial charge in [-0.25, -0.2) is 18.2 Å². The first kappa shape index (κ1) is 20.7. The van der Waals surface area contributed by atoms with Crippen LogP contribution < -0.4 is 4.74 Å². The highest BCUT2D eigenvalue weighted by molar-refractivity contribution is 6.02. The fourth-order valence-corrected chi connectivity index (χ4v) is 4.25. The molecule has 2 aromatic carbocycles. The average Bonchev–Trinajstić information content (AvgIpc) is 3.22. The van der Waals surface area contributed by atoms with Gasteiger partial charge in [-0.2, -0.15) is 0 Å². The Morgan fingerprint density at radius 2 is 1.66 bits per heavy atom. The van der Waals surface area contributed by atoms with E-state index in [-0.39, 0.29) is 5.56 Å². The summed E-state index contributed by atoms with van der Waals surface area (Å²) < 4.78 is 48.8. The number of rotatable bonds is 6. The minimum atomic E-state index is -0.646. The quantitative estimate of drug-likeness (QED) is 0.433. The van der Waals surface area contributed by atoms with Crippen molar-refractivity contribution in [3.8, 4) is 17.0 Å². The Bertz CT molecular complexity index is 1140. The van der Waals surface area contributed by atoms with E-state index in [2.05, 4.69) is 9.98 Å². The van der Waals surface area contributed by atoms with Gasteiger partial charge in [0.15, 0.2) is 0 Å². The molecule has 3 nitrogen and oxygen atoms in total. The predicted octanol–water partition coefficient (Wildman–Crippen LogP) is 6.67. The third kappa shape index (κ3) is 4.14. The third-order valence-electron chi connectivity index (χ3n) is 6.34. The number of halogens is 3. The van der Waals surface area contributed by atoms with Crippen molar-refractivity contribution >= 4 is 5.71 Å². The van der Waals surface area contributed by atoms with Gasteiger partial charge in [0.05, 0.1) is 18.2 Å². The summed E-state index contributed by atoms with van der Waals surface area (Å²) in [4.78, 5) is 8.78. The lowest BCUT2D eigenvalue weighted by Gasteiger charge is -2.24. The Kier molecular flexibility index (Phi) is 5.68. The van der Waals surface area contributed by atoms with E-state index in [9.17, 15) is 13.2 Å². The molecule has 3 aromatic rings. The van der Waals surface area contributed by atoms with E-state index in [1.165, 1.54) is 43.5 Å². The van der Waals surface area contributed by atoms with E-state index in [0.717, 1.165) is 5.56 Å². The third-order valence-corrected chi connectivity index (χ3v) is 6.34. The lowest BCUT2D eigenvalue weighted by Crippen LogP contribution is -2.19. The van der Waals surface area contributed by atoms with Gasteiger partial charge in [0.1, 0.15) is 17.5 Å². The summed E-state index contributed by atoms with van der Waals surface area (Å²) in [5.41, 5.74) is 2.14. The lowest BCUT2D eigenvalue weighted by molar-refractivity contribution is 0.175. The Morgan fingerprint density at radius 3 is 2.31 bits per heavy atom. The number of pyridine rings is 1. The van der Waals surface area contributed by atoms with Gasteiger partial charge in [0.25, 0.3) is 0 Å². The molecule has 164 valence electrons. The average molecular weight is 436 g/mol. The van der Waals surface area contributed by atoms with Crippen molar-refractivity contribution in [3.05, 3.63) is 83.3 Å². The molecule has 1 atom stereocenters. The van der Waals surface area contributed by atoms with Crippen LogP contribution in [0.25, 0.3) is 11.1 Å².